The van der Waals surface area contributed by atoms with Gasteiger partial charge in [-0.05, 0) is 12.5 Å². The molecule has 2 saturated heterocycles. The van der Waals surface area contributed by atoms with Gasteiger partial charge in [0, 0.05) is 43.3 Å². The van der Waals surface area contributed by atoms with Crippen molar-refractivity contribution in [2.24, 2.45) is 0 Å². The van der Waals surface area contributed by atoms with E-state index in [0.717, 1.165) is 25.6 Å². The third-order valence-electron chi connectivity index (χ3n) is 3.56. The summed E-state index contributed by atoms with van der Waals surface area (Å²) in [7, 11) is 0. The summed E-state index contributed by atoms with van der Waals surface area (Å²) in [6.45, 7) is 2.56. The number of hydrogen-bond donors (Lipinski definition) is 1. The molecule has 2 aliphatic rings. The van der Waals surface area contributed by atoms with E-state index in [1.165, 1.54) is 6.07 Å². The van der Waals surface area contributed by atoms with Gasteiger partial charge in [-0.2, -0.15) is 0 Å². The lowest BCUT2D eigenvalue weighted by molar-refractivity contribution is 0.215. The lowest BCUT2D eigenvalue weighted by atomic mass is 10.1. The third kappa shape index (κ3) is 1.72. The fourth-order valence-electron chi connectivity index (χ4n) is 2.71. The van der Waals surface area contributed by atoms with Crippen molar-refractivity contribution in [3.05, 3.63) is 35.4 Å². The van der Waals surface area contributed by atoms with E-state index >= 15 is 0 Å². The molecular formula is C12H14F2N2. The van der Waals surface area contributed by atoms with Crippen molar-refractivity contribution in [3.8, 4) is 0 Å². The SMILES string of the molecule is Fc1ccc(CN2C[C@H]3C[C@H]2CN3)c(F)c1. The van der Waals surface area contributed by atoms with E-state index < -0.39 is 11.6 Å². The molecule has 86 valence electrons. The second-order valence-electron chi connectivity index (χ2n) is 4.66. The second kappa shape index (κ2) is 3.79. The van der Waals surface area contributed by atoms with Crippen LogP contribution in [0.5, 0.6) is 0 Å². The van der Waals surface area contributed by atoms with E-state index in [2.05, 4.69) is 10.2 Å². The standard InChI is InChI=1S/C12H14F2N2/c13-9-2-1-8(12(14)3-9)6-16-7-10-4-11(16)5-15-10/h1-3,10-11,15H,4-7H2/t10-,11+/m1/s1. The first-order chi connectivity index (χ1) is 7.72. The summed E-state index contributed by atoms with van der Waals surface area (Å²) in [4.78, 5) is 2.28. The Balaban J connectivity index is 1.74. The molecule has 2 heterocycles. The molecule has 0 unspecified atom stereocenters. The first-order valence-electron chi connectivity index (χ1n) is 5.64. The van der Waals surface area contributed by atoms with Gasteiger partial charge in [-0.15, -0.1) is 0 Å². The molecule has 1 N–H and O–H groups in total. The number of piperazine rings is 1. The summed E-state index contributed by atoms with van der Waals surface area (Å²) in [5.74, 6) is -0.943. The second-order valence-corrected chi connectivity index (χ2v) is 4.66. The predicted molar refractivity (Wildman–Crippen MR) is 57.0 cm³/mol. The molecule has 16 heavy (non-hydrogen) atoms. The quantitative estimate of drug-likeness (QED) is 0.819. The molecule has 0 saturated carbocycles. The van der Waals surface area contributed by atoms with Crippen molar-refractivity contribution in [1.82, 2.24) is 10.2 Å². The van der Waals surface area contributed by atoms with Crippen LogP contribution in [-0.4, -0.2) is 30.1 Å². The summed E-state index contributed by atoms with van der Waals surface area (Å²) >= 11 is 0. The number of nitrogens with zero attached hydrogens (tertiary/aromatic N) is 1. The number of fused-ring (bicyclic) bond motifs is 2. The number of likely N-dealkylation sites (tertiary alicyclic amines) is 1. The Bertz CT molecular complexity index is 408. The van der Waals surface area contributed by atoms with Crippen LogP contribution in [0.4, 0.5) is 8.78 Å². The van der Waals surface area contributed by atoms with Crippen LogP contribution in [0.3, 0.4) is 0 Å². The van der Waals surface area contributed by atoms with Crippen LogP contribution in [-0.2, 0) is 6.54 Å². The first kappa shape index (κ1) is 10.2. The summed E-state index contributed by atoms with van der Waals surface area (Å²) in [5.41, 5.74) is 0.592. The maximum Gasteiger partial charge on any atom is 0.130 e. The van der Waals surface area contributed by atoms with Crippen LogP contribution < -0.4 is 5.32 Å². The lowest BCUT2D eigenvalue weighted by Crippen LogP contribution is -2.43. The molecule has 2 atom stereocenters. The Morgan fingerprint density at radius 1 is 1.38 bits per heavy atom. The van der Waals surface area contributed by atoms with Crippen LogP contribution in [0.25, 0.3) is 0 Å². The Hall–Kier alpha value is -1.00. The monoisotopic (exact) mass is 224 g/mol. The Kier molecular flexibility index (Phi) is 2.41. The minimum atomic E-state index is -0.508. The first-order valence-corrected chi connectivity index (χ1v) is 5.64. The van der Waals surface area contributed by atoms with E-state index in [4.69, 9.17) is 0 Å². The summed E-state index contributed by atoms with van der Waals surface area (Å²) in [5, 5.41) is 3.40. The van der Waals surface area contributed by atoms with Gasteiger partial charge < -0.3 is 5.32 Å². The topological polar surface area (TPSA) is 15.3 Å². The van der Waals surface area contributed by atoms with Crippen molar-refractivity contribution in [2.75, 3.05) is 13.1 Å². The number of rotatable bonds is 2. The number of benzene rings is 1. The van der Waals surface area contributed by atoms with Gasteiger partial charge >= 0.3 is 0 Å². The van der Waals surface area contributed by atoms with Gasteiger partial charge in [0.1, 0.15) is 11.6 Å². The highest BCUT2D eigenvalue weighted by atomic mass is 19.1. The van der Waals surface area contributed by atoms with Crippen molar-refractivity contribution < 1.29 is 8.78 Å². The maximum atomic E-state index is 13.5. The van der Waals surface area contributed by atoms with E-state index in [0.29, 0.717) is 24.2 Å². The highest BCUT2D eigenvalue weighted by Gasteiger charge is 2.37. The minimum Gasteiger partial charge on any atom is -0.311 e. The molecule has 0 aliphatic carbocycles. The smallest absolute Gasteiger partial charge is 0.130 e. The van der Waals surface area contributed by atoms with Crippen molar-refractivity contribution in [3.63, 3.8) is 0 Å². The van der Waals surface area contributed by atoms with Crippen LogP contribution >= 0.6 is 0 Å². The van der Waals surface area contributed by atoms with Gasteiger partial charge in [0.15, 0.2) is 0 Å². The summed E-state index contributed by atoms with van der Waals surface area (Å²) in [6, 6.07) is 4.92. The molecule has 2 aliphatic heterocycles. The molecule has 1 aromatic carbocycles. The molecule has 0 amide bonds. The molecule has 2 nitrogen and oxygen atoms in total. The average molecular weight is 224 g/mol. The number of halogens is 2. The minimum absolute atomic E-state index is 0.435. The highest BCUT2D eigenvalue weighted by Crippen LogP contribution is 2.25. The van der Waals surface area contributed by atoms with E-state index in [1.54, 1.807) is 6.07 Å². The zero-order chi connectivity index (χ0) is 11.1. The van der Waals surface area contributed by atoms with Crippen LogP contribution in [0, 0.1) is 11.6 Å². The molecule has 2 bridgehead atoms. The summed E-state index contributed by atoms with van der Waals surface area (Å²) < 4.78 is 26.2. The summed E-state index contributed by atoms with van der Waals surface area (Å²) in [6.07, 6.45) is 1.16. The van der Waals surface area contributed by atoms with E-state index in [1.807, 2.05) is 0 Å². The maximum absolute atomic E-state index is 13.5. The highest BCUT2D eigenvalue weighted by molar-refractivity contribution is 5.19. The molecule has 2 fully saturated rings. The zero-order valence-electron chi connectivity index (χ0n) is 8.92. The Morgan fingerprint density at radius 3 is 2.88 bits per heavy atom. The Labute approximate surface area is 93.3 Å². The molecule has 4 heteroatoms. The fourth-order valence-corrected chi connectivity index (χ4v) is 2.71. The van der Waals surface area contributed by atoms with Gasteiger partial charge in [0.2, 0.25) is 0 Å². The average Bonchev–Trinajstić information content (AvgIpc) is 2.84. The predicted octanol–water partition coefficient (Wildman–Crippen LogP) is 1.51. The number of hydrogen-bond acceptors (Lipinski definition) is 2. The normalized spacial score (nSPS) is 28.9. The zero-order valence-corrected chi connectivity index (χ0v) is 8.92. The van der Waals surface area contributed by atoms with E-state index in [9.17, 15) is 8.78 Å². The van der Waals surface area contributed by atoms with Gasteiger partial charge in [-0.3, -0.25) is 4.90 Å². The van der Waals surface area contributed by atoms with Crippen molar-refractivity contribution >= 4 is 0 Å². The van der Waals surface area contributed by atoms with Crippen LogP contribution in [0.1, 0.15) is 12.0 Å². The van der Waals surface area contributed by atoms with Gasteiger partial charge in [0.05, 0.1) is 0 Å². The largest absolute Gasteiger partial charge is 0.311 e. The van der Waals surface area contributed by atoms with Crippen LogP contribution in [0.2, 0.25) is 0 Å². The van der Waals surface area contributed by atoms with Crippen LogP contribution in [0.15, 0.2) is 18.2 Å². The molecule has 3 rings (SSSR count). The fraction of sp³-hybridized carbons (Fsp3) is 0.500. The van der Waals surface area contributed by atoms with Gasteiger partial charge in [-0.1, -0.05) is 6.07 Å². The third-order valence-corrected chi connectivity index (χ3v) is 3.56. The lowest BCUT2D eigenvalue weighted by Gasteiger charge is -2.27. The van der Waals surface area contributed by atoms with Gasteiger partial charge in [-0.25, -0.2) is 8.78 Å². The molecule has 1 aromatic rings. The van der Waals surface area contributed by atoms with E-state index in [-0.39, 0.29) is 0 Å². The molecule has 0 radical (unpaired) electrons. The molecular weight excluding hydrogens is 210 g/mol. The molecule has 0 aromatic heterocycles. The van der Waals surface area contributed by atoms with Crippen molar-refractivity contribution in [1.29, 1.82) is 0 Å². The number of nitrogens with one attached hydrogen (secondary N) is 1. The van der Waals surface area contributed by atoms with Crippen molar-refractivity contribution in [2.45, 2.75) is 25.0 Å². The van der Waals surface area contributed by atoms with Gasteiger partial charge in [0.25, 0.3) is 0 Å². The molecule has 0 spiro atoms. The Morgan fingerprint density at radius 2 is 2.25 bits per heavy atom.